The molecule has 1 aromatic rings. The number of hydrogen-bond acceptors (Lipinski definition) is 1. The van der Waals surface area contributed by atoms with Gasteiger partial charge in [-0.1, -0.05) is 46.8 Å². The van der Waals surface area contributed by atoms with Crippen molar-refractivity contribution >= 4 is 0 Å². The standard InChI is InChI=1S/C19H28O/c1-7-19(6)11-18(4,5)16-9-15-13(3)20-10-12(2)14(15)8-17(16)19/h8-9,12-13H,7,10-11H2,1-6H3. The zero-order chi connectivity index (χ0) is 14.7. The van der Waals surface area contributed by atoms with Crippen LogP contribution in [-0.4, -0.2) is 6.61 Å². The molecule has 1 aromatic carbocycles. The van der Waals surface area contributed by atoms with Gasteiger partial charge in [-0.25, -0.2) is 0 Å². The lowest BCUT2D eigenvalue weighted by atomic mass is 9.78. The van der Waals surface area contributed by atoms with E-state index in [4.69, 9.17) is 4.74 Å². The summed E-state index contributed by atoms with van der Waals surface area (Å²) in [5, 5.41) is 0. The molecular formula is C19H28O. The SMILES string of the molecule is CCC1(C)CC(C)(C)c2cc3c(cc21)C(C)COC3C. The van der Waals surface area contributed by atoms with E-state index in [2.05, 4.69) is 53.7 Å². The first-order chi connectivity index (χ1) is 9.28. The first-order valence-electron chi connectivity index (χ1n) is 8.09. The van der Waals surface area contributed by atoms with Crippen LogP contribution in [0.4, 0.5) is 0 Å². The van der Waals surface area contributed by atoms with Crippen molar-refractivity contribution in [1.29, 1.82) is 0 Å². The summed E-state index contributed by atoms with van der Waals surface area (Å²) in [6, 6.07) is 4.98. The number of ether oxygens (including phenoxy) is 1. The molecule has 1 heterocycles. The van der Waals surface area contributed by atoms with Gasteiger partial charge in [-0.3, -0.25) is 0 Å². The minimum atomic E-state index is 0.246. The Bertz CT molecular complexity index is 543. The Labute approximate surface area is 123 Å². The number of rotatable bonds is 1. The van der Waals surface area contributed by atoms with Gasteiger partial charge in [0.25, 0.3) is 0 Å². The van der Waals surface area contributed by atoms with Gasteiger partial charge in [-0.2, -0.15) is 0 Å². The Balaban J connectivity index is 2.23. The monoisotopic (exact) mass is 272 g/mol. The Morgan fingerprint density at radius 2 is 1.75 bits per heavy atom. The van der Waals surface area contributed by atoms with Crippen molar-refractivity contribution in [2.24, 2.45) is 0 Å². The molecular weight excluding hydrogens is 244 g/mol. The highest BCUT2D eigenvalue weighted by molar-refractivity contribution is 5.51. The van der Waals surface area contributed by atoms with Gasteiger partial charge in [0.15, 0.2) is 0 Å². The summed E-state index contributed by atoms with van der Waals surface area (Å²) in [5.41, 5.74) is 6.75. The molecule has 0 N–H and O–H groups in total. The maximum atomic E-state index is 5.92. The third-order valence-corrected chi connectivity index (χ3v) is 5.78. The van der Waals surface area contributed by atoms with Crippen LogP contribution in [0.5, 0.6) is 0 Å². The number of fused-ring (bicyclic) bond motifs is 2. The molecule has 3 rings (SSSR count). The minimum absolute atomic E-state index is 0.246. The van der Waals surface area contributed by atoms with E-state index in [1.807, 2.05) is 0 Å². The second kappa shape index (κ2) is 4.34. The van der Waals surface area contributed by atoms with E-state index in [0.717, 1.165) is 6.61 Å². The normalized spacial score (nSPS) is 34.7. The molecule has 1 aliphatic carbocycles. The van der Waals surface area contributed by atoms with E-state index < -0.39 is 0 Å². The predicted octanol–water partition coefficient (Wildman–Crippen LogP) is 5.23. The second-order valence-corrected chi connectivity index (χ2v) is 7.88. The van der Waals surface area contributed by atoms with Crippen LogP contribution in [0.1, 0.15) is 88.7 Å². The summed E-state index contributed by atoms with van der Waals surface area (Å²) in [6.07, 6.45) is 2.73. The molecule has 110 valence electrons. The molecule has 1 aliphatic heterocycles. The van der Waals surface area contributed by atoms with E-state index in [-0.39, 0.29) is 11.5 Å². The first kappa shape index (κ1) is 14.1. The van der Waals surface area contributed by atoms with Crippen LogP contribution < -0.4 is 0 Å². The van der Waals surface area contributed by atoms with E-state index >= 15 is 0 Å². The van der Waals surface area contributed by atoms with E-state index in [1.54, 1.807) is 11.1 Å². The van der Waals surface area contributed by atoms with Crippen LogP contribution in [0.2, 0.25) is 0 Å². The van der Waals surface area contributed by atoms with Gasteiger partial charge in [0.2, 0.25) is 0 Å². The van der Waals surface area contributed by atoms with Crippen LogP contribution in [0.3, 0.4) is 0 Å². The van der Waals surface area contributed by atoms with Gasteiger partial charge in [0.05, 0.1) is 12.7 Å². The van der Waals surface area contributed by atoms with Gasteiger partial charge in [-0.05, 0) is 52.8 Å². The summed E-state index contributed by atoms with van der Waals surface area (Å²) in [5.74, 6) is 0.524. The summed E-state index contributed by atoms with van der Waals surface area (Å²) < 4.78 is 5.92. The van der Waals surface area contributed by atoms with Gasteiger partial charge in [0.1, 0.15) is 0 Å². The molecule has 3 unspecified atom stereocenters. The Morgan fingerprint density at radius 3 is 2.40 bits per heavy atom. The predicted molar refractivity (Wildman–Crippen MR) is 84.5 cm³/mol. The van der Waals surface area contributed by atoms with Crippen molar-refractivity contribution in [3.05, 3.63) is 34.4 Å². The number of benzene rings is 1. The molecule has 0 radical (unpaired) electrons. The highest BCUT2D eigenvalue weighted by Crippen LogP contribution is 2.53. The smallest absolute Gasteiger partial charge is 0.0799 e. The first-order valence-corrected chi connectivity index (χ1v) is 8.09. The zero-order valence-corrected chi connectivity index (χ0v) is 13.8. The molecule has 1 nitrogen and oxygen atoms in total. The third-order valence-electron chi connectivity index (χ3n) is 5.78. The lowest BCUT2D eigenvalue weighted by molar-refractivity contribution is 0.0428. The fourth-order valence-electron chi connectivity index (χ4n) is 4.42. The Hall–Kier alpha value is -0.820. The van der Waals surface area contributed by atoms with Gasteiger partial charge < -0.3 is 4.74 Å². The summed E-state index contributed by atoms with van der Waals surface area (Å²) in [7, 11) is 0. The highest BCUT2D eigenvalue weighted by Gasteiger charge is 2.44. The van der Waals surface area contributed by atoms with E-state index in [0.29, 0.717) is 11.3 Å². The third kappa shape index (κ3) is 1.86. The second-order valence-electron chi connectivity index (χ2n) is 7.88. The van der Waals surface area contributed by atoms with E-state index in [9.17, 15) is 0 Å². The molecule has 2 aliphatic rings. The topological polar surface area (TPSA) is 9.23 Å². The highest BCUT2D eigenvalue weighted by atomic mass is 16.5. The average molecular weight is 272 g/mol. The van der Waals surface area contributed by atoms with Crippen LogP contribution in [0.15, 0.2) is 12.1 Å². The van der Waals surface area contributed by atoms with Crippen molar-refractivity contribution < 1.29 is 4.74 Å². The minimum Gasteiger partial charge on any atom is -0.373 e. The molecule has 20 heavy (non-hydrogen) atoms. The van der Waals surface area contributed by atoms with Crippen molar-refractivity contribution in [2.75, 3.05) is 6.61 Å². The molecule has 0 amide bonds. The van der Waals surface area contributed by atoms with Crippen LogP contribution in [-0.2, 0) is 15.6 Å². The molecule has 0 saturated heterocycles. The lowest BCUT2D eigenvalue weighted by Crippen LogP contribution is -2.21. The fourth-order valence-corrected chi connectivity index (χ4v) is 4.42. The molecule has 0 spiro atoms. The average Bonchev–Trinajstić information content (AvgIpc) is 2.61. The van der Waals surface area contributed by atoms with Gasteiger partial charge in [-0.15, -0.1) is 0 Å². The molecule has 0 bridgehead atoms. The largest absolute Gasteiger partial charge is 0.373 e. The van der Waals surface area contributed by atoms with Gasteiger partial charge in [0, 0.05) is 5.92 Å². The quantitative estimate of drug-likeness (QED) is 0.680. The van der Waals surface area contributed by atoms with Crippen molar-refractivity contribution in [1.82, 2.24) is 0 Å². The molecule has 0 fully saturated rings. The van der Waals surface area contributed by atoms with Crippen LogP contribution in [0, 0.1) is 0 Å². The van der Waals surface area contributed by atoms with E-state index in [1.165, 1.54) is 24.0 Å². The maximum Gasteiger partial charge on any atom is 0.0799 e. The molecule has 3 atom stereocenters. The molecule has 1 heteroatoms. The van der Waals surface area contributed by atoms with Crippen LogP contribution >= 0.6 is 0 Å². The summed E-state index contributed by atoms with van der Waals surface area (Å²) in [6.45, 7) is 14.9. The summed E-state index contributed by atoms with van der Waals surface area (Å²) in [4.78, 5) is 0. The maximum absolute atomic E-state index is 5.92. The number of hydrogen-bond donors (Lipinski definition) is 0. The zero-order valence-electron chi connectivity index (χ0n) is 13.8. The summed E-state index contributed by atoms with van der Waals surface area (Å²) >= 11 is 0. The van der Waals surface area contributed by atoms with Crippen molar-refractivity contribution in [3.8, 4) is 0 Å². The van der Waals surface area contributed by atoms with Crippen molar-refractivity contribution in [2.45, 2.75) is 77.2 Å². The molecule has 0 aromatic heterocycles. The van der Waals surface area contributed by atoms with Crippen molar-refractivity contribution in [3.63, 3.8) is 0 Å². The Kier molecular flexibility index (Phi) is 3.06. The fraction of sp³-hybridized carbons (Fsp3) is 0.684. The van der Waals surface area contributed by atoms with Gasteiger partial charge >= 0.3 is 0 Å². The molecule has 0 saturated carbocycles. The van der Waals surface area contributed by atoms with Crippen LogP contribution in [0.25, 0.3) is 0 Å². The lowest BCUT2D eigenvalue weighted by Gasteiger charge is -2.31. The Morgan fingerprint density at radius 1 is 1.10 bits per heavy atom.